The highest BCUT2D eigenvalue weighted by atomic mass is 16.3. The number of carbonyl (C=O) groups is 1. The monoisotopic (exact) mass is 231 g/mol. The van der Waals surface area contributed by atoms with Crippen molar-refractivity contribution >= 4 is 11.6 Å². The molecule has 1 aromatic carbocycles. The summed E-state index contributed by atoms with van der Waals surface area (Å²) in [6.45, 7) is 1.90. The van der Waals surface area contributed by atoms with Gasteiger partial charge in [0.2, 0.25) is 5.91 Å². The third kappa shape index (κ3) is 3.09. The van der Waals surface area contributed by atoms with Crippen molar-refractivity contribution in [2.45, 2.75) is 26.2 Å². The summed E-state index contributed by atoms with van der Waals surface area (Å²) >= 11 is 0. The molecule has 1 amide bonds. The van der Waals surface area contributed by atoms with Crippen molar-refractivity contribution in [2.75, 3.05) is 5.32 Å². The number of benzene rings is 1. The van der Waals surface area contributed by atoms with Crippen molar-refractivity contribution in [1.29, 1.82) is 0 Å². The van der Waals surface area contributed by atoms with Crippen molar-refractivity contribution in [3.63, 3.8) is 0 Å². The molecule has 0 bridgehead atoms. The lowest BCUT2D eigenvalue weighted by molar-refractivity contribution is -0.116. The third-order valence-corrected chi connectivity index (χ3v) is 2.99. The number of aromatic hydroxyl groups is 1. The predicted octanol–water partition coefficient (Wildman–Crippen LogP) is 3.00. The van der Waals surface area contributed by atoms with Gasteiger partial charge in [0.15, 0.2) is 0 Å². The van der Waals surface area contributed by atoms with Crippen molar-refractivity contribution in [1.82, 2.24) is 0 Å². The molecule has 3 nitrogen and oxygen atoms in total. The molecule has 3 heteroatoms. The van der Waals surface area contributed by atoms with Gasteiger partial charge in [-0.2, -0.15) is 0 Å². The van der Waals surface area contributed by atoms with Crippen LogP contribution in [0.5, 0.6) is 5.75 Å². The maximum atomic E-state index is 11.7. The summed E-state index contributed by atoms with van der Waals surface area (Å²) in [6, 6.07) is 5.24. The third-order valence-electron chi connectivity index (χ3n) is 2.99. The van der Waals surface area contributed by atoms with E-state index in [4.69, 9.17) is 0 Å². The maximum Gasteiger partial charge on any atom is 0.225 e. The van der Waals surface area contributed by atoms with E-state index in [2.05, 4.69) is 17.5 Å². The standard InChI is InChI=1S/C14H17NO2/c1-10-6-7-12(13(16)8-10)15-14(17)9-11-4-2-3-5-11/h2,4,6-8,11,16H,3,5,9H2,1H3,(H,15,17). The Bertz CT molecular complexity index is 452. The minimum absolute atomic E-state index is 0.0410. The first-order chi connectivity index (χ1) is 8.15. The molecule has 1 atom stereocenters. The molecule has 1 aliphatic rings. The summed E-state index contributed by atoms with van der Waals surface area (Å²) in [4.78, 5) is 11.7. The van der Waals surface area contributed by atoms with Gasteiger partial charge in [-0.15, -0.1) is 0 Å². The molecule has 2 rings (SSSR count). The molecule has 0 aromatic heterocycles. The van der Waals surface area contributed by atoms with Crippen LogP contribution in [0.3, 0.4) is 0 Å². The Hall–Kier alpha value is -1.77. The topological polar surface area (TPSA) is 49.3 Å². The smallest absolute Gasteiger partial charge is 0.225 e. The highest BCUT2D eigenvalue weighted by molar-refractivity contribution is 5.92. The first kappa shape index (κ1) is 11.7. The number of phenols is 1. The molecule has 0 aliphatic heterocycles. The van der Waals surface area contributed by atoms with Crippen LogP contribution in [0.1, 0.15) is 24.8 Å². The number of anilines is 1. The van der Waals surface area contributed by atoms with E-state index in [0.29, 0.717) is 18.0 Å². The Kier molecular flexibility index (Phi) is 3.47. The minimum atomic E-state index is -0.0410. The SMILES string of the molecule is Cc1ccc(NC(=O)CC2C=CCC2)c(O)c1. The number of phenolic OH excluding ortho intramolecular Hbond substituents is 1. The number of carbonyl (C=O) groups excluding carboxylic acids is 1. The summed E-state index contributed by atoms with van der Waals surface area (Å²) < 4.78 is 0. The Labute approximate surface area is 101 Å². The van der Waals surface area contributed by atoms with Gasteiger partial charge in [0.05, 0.1) is 5.69 Å². The number of nitrogens with one attached hydrogen (secondary N) is 1. The molecule has 1 aromatic rings. The first-order valence-electron chi connectivity index (χ1n) is 5.91. The van der Waals surface area contributed by atoms with Gasteiger partial charge in [0.25, 0.3) is 0 Å². The molecule has 0 saturated heterocycles. The van der Waals surface area contributed by atoms with Crippen molar-refractivity contribution < 1.29 is 9.90 Å². The quantitative estimate of drug-likeness (QED) is 0.620. The zero-order valence-electron chi connectivity index (χ0n) is 9.94. The molecule has 0 radical (unpaired) electrons. The molecule has 0 saturated carbocycles. The van der Waals surface area contributed by atoms with E-state index in [1.165, 1.54) is 0 Å². The van der Waals surface area contributed by atoms with Crippen LogP contribution in [-0.2, 0) is 4.79 Å². The second kappa shape index (κ2) is 5.04. The van der Waals surface area contributed by atoms with Crippen molar-refractivity contribution in [3.05, 3.63) is 35.9 Å². The molecular weight excluding hydrogens is 214 g/mol. The summed E-state index contributed by atoms with van der Waals surface area (Å²) in [5.74, 6) is 0.434. The van der Waals surface area contributed by atoms with Crippen molar-refractivity contribution in [3.8, 4) is 5.75 Å². The fourth-order valence-corrected chi connectivity index (χ4v) is 2.05. The van der Waals surface area contributed by atoms with Gasteiger partial charge in [-0.3, -0.25) is 4.79 Å². The number of rotatable bonds is 3. The minimum Gasteiger partial charge on any atom is -0.506 e. The van der Waals surface area contributed by atoms with Gasteiger partial charge < -0.3 is 10.4 Å². The van der Waals surface area contributed by atoms with Crippen LogP contribution in [0.2, 0.25) is 0 Å². The number of aryl methyl sites for hydroxylation is 1. The Morgan fingerprint density at radius 3 is 3.00 bits per heavy atom. The zero-order valence-corrected chi connectivity index (χ0v) is 9.94. The van der Waals surface area contributed by atoms with E-state index in [-0.39, 0.29) is 11.7 Å². The molecule has 17 heavy (non-hydrogen) atoms. The number of amides is 1. The fraction of sp³-hybridized carbons (Fsp3) is 0.357. The summed E-state index contributed by atoms with van der Waals surface area (Å²) in [6.07, 6.45) is 6.81. The average Bonchev–Trinajstić information content (AvgIpc) is 2.75. The van der Waals surface area contributed by atoms with E-state index in [9.17, 15) is 9.90 Å². The van der Waals surface area contributed by atoms with E-state index < -0.39 is 0 Å². The van der Waals surface area contributed by atoms with Crippen molar-refractivity contribution in [2.24, 2.45) is 5.92 Å². The first-order valence-corrected chi connectivity index (χ1v) is 5.91. The van der Waals surface area contributed by atoms with E-state index in [1.807, 2.05) is 13.0 Å². The summed E-state index contributed by atoms with van der Waals surface area (Å²) in [5.41, 5.74) is 1.46. The largest absolute Gasteiger partial charge is 0.506 e. The molecule has 1 unspecified atom stereocenters. The van der Waals surface area contributed by atoms with Gasteiger partial charge in [0.1, 0.15) is 5.75 Å². The van der Waals surface area contributed by atoms with E-state index >= 15 is 0 Å². The fourth-order valence-electron chi connectivity index (χ4n) is 2.05. The zero-order chi connectivity index (χ0) is 12.3. The lowest BCUT2D eigenvalue weighted by Gasteiger charge is -2.10. The number of hydrogen-bond donors (Lipinski definition) is 2. The normalized spacial score (nSPS) is 18.3. The van der Waals surface area contributed by atoms with Gasteiger partial charge in [-0.1, -0.05) is 18.2 Å². The predicted molar refractivity (Wildman–Crippen MR) is 68.0 cm³/mol. The number of allylic oxidation sites excluding steroid dienone is 2. The molecule has 2 N–H and O–H groups in total. The lowest BCUT2D eigenvalue weighted by Crippen LogP contribution is -2.14. The summed E-state index contributed by atoms with van der Waals surface area (Å²) in [5, 5.41) is 12.4. The van der Waals surface area contributed by atoms with Gasteiger partial charge in [0, 0.05) is 6.42 Å². The van der Waals surface area contributed by atoms with Crippen LogP contribution >= 0.6 is 0 Å². The summed E-state index contributed by atoms with van der Waals surface area (Å²) in [7, 11) is 0. The van der Waals surface area contributed by atoms with Crippen LogP contribution in [-0.4, -0.2) is 11.0 Å². The van der Waals surface area contributed by atoms with Crippen LogP contribution < -0.4 is 5.32 Å². The van der Waals surface area contributed by atoms with Crippen LogP contribution in [0.25, 0.3) is 0 Å². The Morgan fingerprint density at radius 2 is 2.35 bits per heavy atom. The van der Waals surface area contributed by atoms with Crippen LogP contribution in [0.15, 0.2) is 30.4 Å². The lowest BCUT2D eigenvalue weighted by atomic mass is 10.0. The van der Waals surface area contributed by atoms with Gasteiger partial charge >= 0.3 is 0 Å². The van der Waals surface area contributed by atoms with E-state index in [0.717, 1.165) is 18.4 Å². The maximum absolute atomic E-state index is 11.7. The molecule has 0 heterocycles. The number of hydrogen-bond acceptors (Lipinski definition) is 2. The molecule has 0 fully saturated rings. The Morgan fingerprint density at radius 1 is 1.53 bits per heavy atom. The second-order valence-corrected chi connectivity index (χ2v) is 4.54. The molecule has 90 valence electrons. The van der Waals surface area contributed by atoms with Gasteiger partial charge in [-0.05, 0) is 43.4 Å². The highest BCUT2D eigenvalue weighted by Gasteiger charge is 2.14. The second-order valence-electron chi connectivity index (χ2n) is 4.54. The highest BCUT2D eigenvalue weighted by Crippen LogP contribution is 2.25. The van der Waals surface area contributed by atoms with Gasteiger partial charge in [-0.25, -0.2) is 0 Å². The van der Waals surface area contributed by atoms with Crippen LogP contribution in [0, 0.1) is 12.8 Å². The molecular formula is C14H17NO2. The van der Waals surface area contributed by atoms with Crippen LogP contribution in [0.4, 0.5) is 5.69 Å². The molecule has 1 aliphatic carbocycles. The van der Waals surface area contributed by atoms with E-state index in [1.54, 1.807) is 12.1 Å². The average molecular weight is 231 g/mol. The Balaban J connectivity index is 1.95. The molecule has 0 spiro atoms.